The minimum absolute atomic E-state index is 0.391. The van der Waals surface area contributed by atoms with Crippen LogP contribution in [0.4, 0.5) is 0 Å². The Hall–Kier alpha value is -1.05. The van der Waals surface area contributed by atoms with Crippen LogP contribution >= 0.6 is 0 Å². The molecular weight excluding hydrogens is 148 g/mol. The molecule has 1 aromatic heterocycles. The van der Waals surface area contributed by atoms with Crippen LogP contribution in [-0.4, -0.2) is 11.2 Å². The molecule has 0 fully saturated rings. The number of aliphatic imine (C=N–C) groups is 1. The molecule has 0 spiro atoms. The summed E-state index contributed by atoms with van der Waals surface area (Å²) < 4.78 is 0. The second-order valence-corrected chi connectivity index (χ2v) is 3.26. The molecular formula is C10H14N2. The minimum Gasteiger partial charge on any atom is -0.363 e. The van der Waals surface area contributed by atoms with Crippen molar-refractivity contribution in [3.05, 3.63) is 24.0 Å². The molecule has 0 saturated heterocycles. The van der Waals surface area contributed by atoms with E-state index in [0.717, 1.165) is 6.42 Å². The van der Waals surface area contributed by atoms with Crippen molar-refractivity contribution in [1.29, 1.82) is 0 Å². The van der Waals surface area contributed by atoms with Crippen LogP contribution in [0.25, 0.3) is 0 Å². The van der Waals surface area contributed by atoms with Crippen molar-refractivity contribution in [2.75, 3.05) is 0 Å². The lowest BCUT2D eigenvalue weighted by Gasteiger charge is -2.07. The average molecular weight is 162 g/mol. The standard InChI is InChI=1S/C10H14N2/c1-2-5-9(11-7-3-1)10-6-4-8-12-10/h4,6-9,12H,1-3,5H2. The fourth-order valence-electron chi connectivity index (χ4n) is 1.64. The van der Waals surface area contributed by atoms with Crippen LogP contribution in [0, 0.1) is 0 Å². The lowest BCUT2D eigenvalue weighted by molar-refractivity contribution is 0.607. The van der Waals surface area contributed by atoms with E-state index in [1.54, 1.807) is 0 Å². The Morgan fingerprint density at radius 1 is 1.42 bits per heavy atom. The quantitative estimate of drug-likeness (QED) is 0.657. The average Bonchev–Trinajstić information content (AvgIpc) is 2.48. The molecule has 12 heavy (non-hydrogen) atoms. The van der Waals surface area contributed by atoms with Crippen molar-refractivity contribution in [3.63, 3.8) is 0 Å². The molecule has 1 aromatic rings. The van der Waals surface area contributed by atoms with Gasteiger partial charge in [-0.3, -0.25) is 4.99 Å². The van der Waals surface area contributed by atoms with Crippen molar-refractivity contribution >= 4 is 6.21 Å². The SMILES string of the molecule is C1=NC(c2ccc[nH]2)CCCC1. The summed E-state index contributed by atoms with van der Waals surface area (Å²) in [5, 5.41) is 0. The normalized spacial score (nSPS) is 23.8. The third kappa shape index (κ3) is 1.58. The summed E-state index contributed by atoms with van der Waals surface area (Å²) in [7, 11) is 0. The molecule has 2 heterocycles. The number of hydrogen-bond acceptors (Lipinski definition) is 1. The van der Waals surface area contributed by atoms with Gasteiger partial charge in [-0.2, -0.15) is 0 Å². The second kappa shape index (κ2) is 3.57. The van der Waals surface area contributed by atoms with E-state index < -0.39 is 0 Å². The van der Waals surface area contributed by atoms with Gasteiger partial charge in [0, 0.05) is 11.9 Å². The predicted molar refractivity (Wildman–Crippen MR) is 50.5 cm³/mol. The van der Waals surface area contributed by atoms with Crippen molar-refractivity contribution in [2.24, 2.45) is 4.99 Å². The molecule has 2 nitrogen and oxygen atoms in total. The smallest absolute Gasteiger partial charge is 0.0893 e. The third-order valence-electron chi connectivity index (χ3n) is 2.33. The maximum atomic E-state index is 4.51. The molecule has 2 heteroatoms. The summed E-state index contributed by atoms with van der Waals surface area (Å²) in [6, 6.07) is 4.55. The number of hydrogen-bond donors (Lipinski definition) is 1. The lowest BCUT2D eigenvalue weighted by atomic mass is 10.1. The Kier molecular flexibility index (Phi) is 2.26. The van der Waals surface area contributed by atoms with Gasteiger partial charge in [0.2, 0.25) is 0 Å². The Bertz CT molecular complexity index is 249. The number of nitrogens with one attached hydrogen (secondary N) is 1. The molecule has 0 amide bonds. The molecule has 1 aliphatic rings. The summed E-state index contributed by atoms with van der Waals surface area (Å²) in [6.45, 7) is 0. The first-order chi connectivity index (χ1) is 5.97. The Balaban J connectivity index is 2.12. The first-order valence-corrected chi connectivity index (χ1v) is 4.62. The lowest BCUT2D eigenvalue weighted by Crippen LogP contribution is -1.93. The monoisotopic (exact) mass is 162 g/mol. The molecule has 1 aliphatic heterocycles. The Morgan fingerprint density at radius 3 is 3.25 bits per heavy atom. The largest absolute Gasteiger partial charge is 0.363 e. The number of aromatic amines is 1. The van der Waals surface area contributed by atoms with E-state index in [4.69, 9.17) is 0 Å². The van der Waals surface area contributed by atoms with Crippen molar-refractivity contribution in [3.8, 4) is 0 Å². The molecule has 2 rings (SSSR count). The summed E-state index contributed by atoms with van der Waals surface area (Å²) in [5.74, 6) is 0. The molecule has 64 valence electrons. The predicted octanol–water partition coefficient (Wildman–Crippen LogP) is 2.70. The molecule has 0 saturated carbocycles. The summed E-state index contributed by atoms with van der Waals surface area (Å²) in [6.07, 6.45) is 8.97. The van der Waals surface area contributed by atoms with Gasteiger partial charge in [-0.1, -0.05) is 6.42 Å². The van der Waals surface area contributed by atoms with E-state index in [1.807, 2.05) is 12.3 Å². The maximum absolute atomic E-state index is 4.51. The topological polar surface area (TPSA) is 28.1 Å². The summed E-state index contributed by atoms with van der Waals surface area (Å²) >= 11 is 0. The van der Waals surface area contributed by atoms with Gasteiger partial charge in [-0.15, -0.1) is 0 Å². The zero-order valence-electron chi connectivity index (χ0n) is 7.16. The van der Waals surface area contributed by atoms with Crippen LogP contribution in [-0.2, 0) is 0 Å². The summed E-state index contributed by atoms with van der Waals surface area (Å²) in [4.78, 5) is 7.73. The first-order valence-electron chi connectivity index (χ1n) is 4.62. The Morgan fingerprint density at radius 2 is 2.42 bits per heavy atom. The van der Waals surface area contributed by atoms with E-state index >= 15 is 0 Å². The number of nitrogens with zero attached hydrogens (tertiary/aromatic N) is 1. The first kappa shape index (κ1) is 7.59. The highest BCUT2D eigenvalue weighted by atomic mass is 14.8. The van der Waals surface area contributed by atoms with Gasteiger partial charge in [0.05, 0.1) is 6.04 Å². The Labute approximate surface area is 72.7 Å². The van der Waals surface area contributed by atoms with Gasteiger partial charge in [0.1, 0.15) is 0 Å². The van der Waals surface area contributed by atoms with E-state index in [1.165, 1.54) is 25.0 Å². The zero-order chi connectivity index (χ0) is 8.23. The van der Waals surface area contributed by atoms with Crippen LogP contribution in [0.3, 0.4) is 0 Å². The van der Waals surface area contributed by atoms with Crippen LogP contribution < -0.4 is 0 Å². The molecule has 0 bridgehead atoms. The molecule has 0 aromatic carbocycles. The molecule has 1 N–H and O–H groups in total. The second-order valence-electron chi connectivity index (χ2n) is 3.26. The molecule has 1 atom stereocenters. The van der Waals surface area contributed by atoms with E-state index in [0.29, 0.717) is 6.04 Å². The zero-order valence-corrected chi connectivity index (χ0v) is 7.16. The highest BCUT2D eigenvalue weighted by Crippen LogP contribution is 2.24. The molecule has 0 radical (unpaired) electrons. The number of rotatable bonds is 1. The minimum atomic E-state index is 0.391. The van der Waals surface area contributed by atoms with Gasteiger partial charge in [0.25, 0.3) is 0 Å². The van der Waals surface area contributed by atoms with Crippen molar-refractivity contribution in [2.45, 2.75) is 31.7 Å². The van der Waals surface area contributed by atoms with Crippen molar-refractivity contribution < 1.29 is 0 Å². The number of aromatic nitrogens is 1. The molecule has 0 aliphatic carbocycles. The fraction of sp³-hybridized carbons (Fsp3) is 0.500. The van der Waals surface area contributed by atoms with E-state index in [2.05, 4.69) is 22.3 Å². The van der Waals surface area contributed by atoms with Gasteiger partial charge < -0.3 is 4.98 Å². The maximum Gasteiger partial charge on any atom is 0.0893 e. The number of H-pyrrole nitrogens is 1. The van der Waals surface area contributed by atoms with Crippen LogP contribution in [0.2, 0.25) is 0 Å². The summed E-state index contributed by atoms with van der Waals surface area (Å²) in [5.41, 5.74) is 1.26. The van der Waals surface area contributed by atoms with Gasteiger partial charge in [0.15, 0.2) is 0 Å². The van der Waals surface area contributed by atoms with E-state index in [-0.39, 0.29) is 0 Å². The molecule has 1 unspecified atom stereocenters. The van der Waals surface area contributed by atoms with Gasteiger partial charge in [-0.05, 0) is 37.6 Å². The van der Waals surface area contributed by atoms with Gasteiger partial charge in [-0.25, -0.2) is 0 Å². The van der Waals surface area contributed by atoms with E-state index in [9.17, 15) is 0 Å². The highest BCUT2D eigenvalue weighted by Gasteiger charge is 2.10. The third-order valence-corrected chi connectivity index (χ3v) is 2.33. The van der Waals surface area contributed by atoms with Crippen LogP contribution in [0.1, 0.15) is 37.4 Å². The van der Waals surface area contributed by atoms with Crippen LogP contribution in [0.5, 0.6) is 0 Å². The van der Waals surface area contributed by atoms with Gasteiger partial charge >= 0.3 is 0 Å². The van der Waals surface area contributed by atoms with Crippen LogP contribution in [0.15, 0.2) is 23.3 Å². The fourth-order valence-corrected chi connectivity index (χ4v) is 1.64. The van der Waals surface area contributed by atoms with Crippen molar-refractivity contribution in [1.82, 2.24) is 4.98 Å². The highest BCUT2D eigenvalue weighted by molar-refractivity contribution is 5.57.